The Balaban J connectivity index is 3.24. The molecule has 0 radical (unpaired) electrons. The maximum Gasteiger partial charge on any atom is 0.220 e. The van der Waals surface area contributed by atoms with Crippen LogP contribution in [0.5, 0.6) is 0 Å². The molecular formula is C12H26N2OS. The second-order valence-electron chi connectivity index (χ2n) is 4.28. The lowest BCUT2D eigenvalue weighted by Crippen LogP contribution is -2.25. The van der Waals surface area contributed by atoms with Gasteiger partial charge in [-0.05, 0) is 43.7 Å². The van der Waals surface area contributed by atoms with Gasteiger partial charge in [0, 0.05) is 13.0 Å². The Hall–Kier alpha value is -0.220. The van der Waals surface area contributed by atoms with E-state index in [1.807, 2.05) is 11.8 Å². The topological polar surface area (TPSA) is 55.1 Å². The van der Waals surface area contributed by atoms with Gasteiger partial charge >= 0.3 is 0 Å². The fraction of sp³-hybridized carbons (Fsp3) is 0.917. The molecule has 96 valence electrons. The van der Waals surface area contributed by atoms with E-state index in [0.29, 0.717) is 18.9 Å². The molecule has 0 aromatic rings. The van der Waals surface area contributed by atoms with Crippen LogP contribution in [0.1, 0.15) is 39.0 Å². The molecule has 0 aliphatic carbocycles. The molecule has 16 heavy (non-hydrogen) atoms. The number of hydrogen-bond acceptors (Lipinski definition) is 3. The van der Waals surface area contributed by atoms with E-state index in [1.54, 1.807) is 0 Å². The van der Waals surface area contributed by atoms with E-state index in [1.165, 1.54) is 18.6 Å². The SMILES string of the molecule is CSCCCCCNC(=O)CCC(C)CN. The lowest BCUT2D eigenvalue weighted by Gasteiger charge is -2.08. The summed E-state index contributed by atoms with van der Waals surface area (Å²) in [6.45, 7) is 3.57. The number of unbranched alkanes of at least 4 members (excludes halogenated alkanes) is 2. The molecule has 1 amide bonds. The van der Waals surface area contributed by atoms with Crippen LogP contribution in [0.15, 0.2) is 0 Å². The van der Waals surface area contributed by atoms with Gasteiger partial charge in [0.05, 0.1) is 0 Å². The molecule has 0 aromatic heterocycles. The van der Waals surface area contributed by atoms with Crippen LogP contribution in [-0.4, -0.2) is 31.0 Å². The quantitative estimate of drug-likeness (QED) is 0.580. The maximum atomic E-state index is 11.4. The van der Waals surface area contributed by atoms with Crippen molar-refractivity contribution in [2.75, 3.05) is 25.1 Å². The van der Waals surface area contributed by atoms with Crippen LogP contribution >= 0.6 is 11.8 Å². The first-order chi connectivity index (χ1) is 7.70. The normalized spacial score (nSPS) is 12.4. The molecule has 0 rings (SSSR count). The number of rotatable bonds is 10. The number of amides is 1. The van der Waals surface area contributed by atoms with Crippen LogP contribution in [0.25, 0.3) is 0 Å². The van der Waals surface area contributed by atoms with Crippen molar-refractivity contribution in [2.24, 2.45) is 11.7 Å². The Morgan fingerprint density at radius 3 is 2.75 bits per heavy atom. The summed E-state index contributed by atoms with van der Waals surface area (Å²) < 4.78 is 0. The van der Waals surface area contributed by atoms with Crippen molar-refractivity contribution in [3.8, 4) is 0 Å². The van der Waals surface area contributed by atoms with Crippen molar-refractivity contribution in [3.05, 3.63) is 0 Å². The molecular weight excluding hydrogens is 220 g/mol. The van der Waals surface area contributed by atoms with E-state index in [0.717, 1.165) is 19.4 Å². The highest BCUT2D eigenvalue weighted by Crippen LogP contribution is 2.03. The summed E-state index contributed by atoms with van der Waals surface area (Å²) in [5.74, 6) is 1.85. The highest BCUT2D eigenvalue weighted by atomic mass is 32.2. The van der Waals surface area contributed by atoms with Gasteiger partial charge in [-0.25, -0.2) is 0 Å². The highest BCUT2D eigenvalue weighted by Gasteiger charge is 2.04. The van der Waals surface area contributed by atoms with Gasteiger partial charge in [-0.2, -0.15) is 11.8 Å². The summed E-state index contributed by atoms with van der Waals surface area (Å²) in [5.41, 5.74) is 5.49. The second-order valence-corrected chi connectivity index (χ2v) is 5.27. The molecule has 1 unspecified atom stereocenters. The van der Waals surface area contributed by atoms with Crippen molar-refractivity contribution < 1.29 is 4.79 Å². The summed E-state index contributed by atoms with van der Waals surface area (Å²) in [5, 5.41) is 2.95. The van der Waals surface area contributed by atoms with Crippen molar-refractivity contribution in [2.45, 2.75) is 39.0 Å². The molecule has 0 aromatic carbocycles. The zero-order valence-corrected chi connectivity index (χ0v) is 11.4. The van der Waals surface area contributed by atoms with Crippen LogP contribution in [0.3, 0.4) is 0 Å². The fourth-order valence-corrected chi connectivity index (χ4v) is 1.85. The van der Waals surface area contributed by atoms with E-state index < -0.39 is 0 Å². The molecule has 0 saturated heterocycles. The van der Waals surface area contributed by atoms with Gasteiger partial charge in [-0.1, -0.05) is 13.3 Å². The molecule has 0 spiro atoms. The molecule has 0 aliphatic rings. The van der Waals surface area contributed by atoms with Gasteiger partial charge in [-0.3, -0.25) is 4.79 Å². The van der Waals surface area contributed by atoms with Crippen LogP contribution in [0.4, 0.5) is 0 Å². The van der Waals surface area contributed by atoms with E-state index >= 15 is 0 Å². The van der Waals surface area contributed by atoms with Crippen LogP contribution in [0, 0.1) is 5.92 Å². The molecule has 0 aliphatic heterocycles. The van der Waals surface area contributed by atoms with Gasteiger partial charge in [-0.15, -0.1) is 0 Å². The third-order valence-electron chi connectivity index (χ3n) is 2.61. The minimum atomic E-state index is 0.171. The van der Waals surface area contributed by atoms with E-state index in [4.69, 9.17) is 5.73 Å². The lowest BCUT2D eigenvalue weighted by molar-refractivity contribution is -0.121. The van der Waals surface area contributed by atoms with Gasteiger partial charge in [0.1, 0.15) is 0 Å². The minimum absolute atomic E-state index is 0.171. The van der Waals surface area contributed by atoms with Crippen molar-refractivity contribution >= 4 is 17.7 Å². The van der Waals surface area contributed by atoms with Crippen LogP contribution in [0.2, 0.25) is 0 Å². The van der Waals surface area contributed by atoms with Gasteiger partial charge < -0.3 is 11.1 Å². The summed E-state index contributed by atoms with van der Waals surface area (Å²) >= 11 is 1.88. The first-order valence-corrected chi connectivity index (χ1v) is 7.55. The van der Waals surface area contributed by atoms with E-state index in [9.17, 15) is 4.79 Å². The number of thioether (sulfide) groups is 1. The fourth-order valence-electron chi connectivity index (χ4n) is 1.36. The third kappa shape index (κ3) is 10.3. The van der Waals surface area contributed by atoms with Gasteiger partial charge in [0.25, 0.3) is 0 Å². The number of carbonyl (C=O) groups excluding carboxylic acids is 1. The molecule has 4 heteroatoms. The number of nitrogens with one attached hydrogen (secondary N) is 1. The molecule has 1 atom stereocenters. The zero-order valence-electron chi connectivity index (χ0n) is 10.6. The Kier molecular flexibility index (Phi) is 11.1. The zero-order chi connectivity index (χ0) is 12.2. The first-order valence-electron chi connectivity index (χ1n) is 6.16. The smallest absolute Gasteiger partial charge is 0.220 e. The monoisotopic (exact) mass is 246 g/mol. The molecule has 0 bridgehead atoms. The summed E-state index contributed by atoms with van der Waals surface area (Å²) in [4.78, 5) is 11.4. The minimum Gasteiger partial charge on any atom is -0.356 e. The van der Waals surface area contributed by atoms with Crippen LogP contribution < -0.4 is 11.1 Å². The first kappa shape index (κ1) is 15.8. The summed E-state index contributed by atoms with van der Waals surface area (Å²) in [6, 6.07) is 0. The third-order valence-corrected chi connectivity index (χ3v) is 3.31. The molecule has 3 nitrogen and oxygen atoms in total. The van der Waals surface area contributed by atoms with E-state index in [2.05, 4.69) is 18.5 Å². The average Bonchev–Trinajstić information content (AvgIpc) is 2.30. The predicted molar refractivity (Wildman–Crippen MR) is 72.7 cm³/mol. The summed E-state index contributed by atoms with van der Waals surface area (Å²) in [7, 11) is 0. The lowest BCUT2D eigenvalue weighted by atomic mass is 10.1. The summed E-state index contributed by atoms with van der Waals surface area (Å²) in [6.07, 6.45) is 7.19. The highest BCUT2D eigenvalue weighted by molar-refractivity contribution is 7.98. The maximum absolute atomic E-state index is 11.4. The standard InChI is InChI=1S/C12H26N2OS/c1-11(10-13)6-7-12(15)14-8-4-3-5-9-16-2/h11H,3-10,13H2,1-2H3,(H,14,15). The number of hydrogen-bond donors (Lipinski definition) is 2. The molecule has 3 N–H and O–H groups in total. The van der Waals surface area contributed by atoms with Gasteiger partial charge in [0.15, 0.2) is 0 Å². The second kappa shape index (κ2) is 11.3. The molecule has 0 heterocycles. The van der Waals surface area contributed by atoms with Crippen molar-refractivity contribution in [1.82, 2.24) is 5.32 Å². The Labute approximate surface area is 104 Å². The average molecular weight is 246 g/mol. The Bertz CT molecular complexity index is 176. The molecule has 0 saturated carbocycles. The Morgan fingerprint density at radius 2 is 2.12 bits per heavy atom. The number of carbonyl (C=O) groups is 1. The van der Waals surface area contributed by atoms with E-state index in [-0.39, 0.29) is 5.91 Å². The van der Waals surface area contributed by atoms with Crippen molar-refractivity contribution in [1.29, 1.82) is 0 Å². The largest absolute Gasteiger partial charge is 0.356 e. The molecule has 0 fully saturated rings. The van der Waals surface area contributed by atoms with Gasteiger partial charge in [0.2, 0.25) is 5.91 Å². The number of nitrogens with two attached hydrogens (primary N) is 1. The van der Waals surface area contributed by atoms with Crippen molar-refractivity contribution in [3.63, 3.8) is 0 Å². The van der Waals surface area contributed by atoms with Crippen LogP contribution in [-0.2, 0) is 4.79 Å². The Morgan fingerprint density at radius 1 is 1.38 bits per heavy atom. The predicted octanol–water partition coefficient (Wildman–Crippen LogP) is 2.01.